The molecule has 2 unspecified atom stereocenters. The molecule has 0 aliphatic heterocycles. The summed E-state index contributed by atoms with van der Waals surface area (Å²) in [6, 6.07) is 0. The maximum atomic E-state index is 10.4. The lowest BCUT2D eigenvalue weighted by molar-refractivity contribution is 0.161. The summed E-state index contributed by atoms with van der Waals surface area (Å²) in [5.74, 6) is 0.831. The van der Waals surface area contributed by atoms with E-state index in [0.29, 0.717) is 12.5 Å². The molecular weight excluding hydrogens is 303 g/mol. The number of hydrogen-bond donors (Lipinski definition) is 3. The molecule has 0 aromatic rings. The lowest BCUT2D eigenvalue weighted by Gasteiger charge is -2.14. The van der Waals surface area contributed by atoms with E-state index >= 15 is 0 Å². The van der Waals surface area contributed by atoms with Crippen molar-refractivity contribution < 1.29 is 24.0 Å². The van der Waals surface area contributed by atoms with Gasteiger partial charge in [-0.3, -0.25) is 4.52 Å². The molecular formula is C16H37O5P. The first kappa shape index (κ1) is 24.3. The van der Waals surface area contributed by atoms with Gasteiger partial charge in [-0.15, -0.1) is 0 Å². The van der Waals surface area contributed by atoms with E-state index in [1.807, 2.05) is 6.92 Å². The number of rotatable bonds is 12. The van der Waals surface area contributed by atoms with Crippen LogP contribution in [-0.2, 0) is 9.09 Å². The summed E-state index contributed by atoms with van der Waals surface area (Å²) < 4.78 is 14.8. The Bertz CT molecular complexity index is 263. The zero-order valence-corrected chi connectivity index (χ0v) is 15.7. The number of phosphoric acid groups is 1. The molecule has 2 atom stereocenters. The van der Waals surface area contributed by atoms with Crippen molar-refractivity contribution in [1.29, 1.82) is 0 Å². The fraction of sp³-hybridized carbons (Fsp3) is 1.00. The summed E-state index contributed by atoms with van der Waals surface area (Å²) in [6.07, 6.45) is 8.90. The summed E-state index contributed by atoms with van der Waals surface area (Å²) in [7, 11) is -4.26. The summed E-state index contributed by atoms with van der Waals surface area (Å²) in [4.78, 5) is 17.0. The second-order valence-electron chi connectivity index (χ2n) is 5.80. The molecule has 0 saturated heterocycles. The molecule has 0 aromatic heterocycles. The van der Waals surface area contributed by atoms with Crippen LogP contribution in [0.1, 0.15) is 79.1 Å². The van der Waals surface area contributed by atoms with Gasteiger partial charge in [0.05, 0.1) is 6.61 Å². The first-order valence-electron chi connectivity index (χ1n) is 8.65. The molecule has 0 fully saturated rings. The van der Waals surface area contributed by atoms with Crippen LogP contribution in [0.3, 0.4) is 0 Å². The lowest BCUT2D eigenvalue weighted by atomic mass is 10.0. The molecule has 0 saturated carbocycles. The summed E-state index contributed by atoms with van der Waals surface area (Å²) >= 11 is 0. The standard InChI is InChI=1S/C8H19O4P.C8H18O/c1-3-5-6-8(4-2)7-12-13(9,10)11;1-3-5-6-8(4-2)7-9/h8H,3-7H2,1-2H3,(H2,9,10,11);8-9H,3-7H2,1-2H3. The number of hydrogen-bond acceptors (Lipinski definition) is 3. The Morgan fingerprint density at radius 3 is 1.68 bits per heavy atom. The van der Waals surface area contributed by atoms with E-state index in [4.69, 9.17) is 14.9 Å². The van der Waals surface area contributed by atoms with Gasteiger partial charge in [-0.2, -0.15) is 0 Å². The van der Waals surface area contributed by atoms with E-state index in [2.05, 4.69) is 25.3 Å². The zero-order valence-electron chi connectivity index (χ0n) is 14.8. The van der Waals surface area contributed by atoms with Gasteiger partial charge in [0.1, 0.15) is 0 Å². The Labute approximate surface area is 136 Å². The number of aliphatic hydroxyl groups excluding tert-OH is 1. The van der Waals surface area contributed by atoms with E-state index in [0.717, 1.165) is 32.1 Å². The van der Waals surface area contributed by atoms with Gasteiger partial charge < -0.3 is 14.9 Å². The molecule has 3 N–H and O–H groups in total. The molecule has 0 aromatic carbocycles. The molecule has 0 aliphatic rings. The maximum Gasteiger partial charge on any atom is 0.469 e. The average Bonchev–Trinajstić information content (AvgIpc) is 2.48. The molecule has 22 heavy (non-hydrogen) atoms. The highest BCUT2D eigenvalue weighted by atomic mass is 31.2. The minimum absolute atomic E-state index is 0.167. The van der Waals surface area contributed by atoms with Gasteiger partial charge in [-0.05, 0) is 24.7 Å². The third kappa shape index (κ3) is 18.1. The number of phosphoric ester groups is 1. The third-order valence-electron chi connectivity index (χ3n) is 3.82. The van der Waals surface area contributed by atoms with E-state index in [-0.39, 0.29) is 12.5 Å². The van der Waals surface area contributed by atoms with Crippen molar-refractivity contribution in [3.05, 3.63) is 0 Å². The molecule has 0 amide bonds. The molecule has 6 heteroatoms. The second-order valence-corrected chi connectivity index (χ2v) is 7.04. The molecule has 0 bridgehead atoms. The zero-order chi connectivity index (χ0) is 17.4. The van der Waals surface area contributed by atoms with Gasteiger partial charge in [0, 0.05) is 6.61 Å². The smallest absolute Gasteiger partial charge is 0.396 e. The predicted octanol–water partition coefficient (Wildman–Crippen LogP) is 4.51. The van der Waals surface area contributed by atoms with Crippen LogP contribution in [0.25, 0.3) is 0 Å². The van der Waals surface area contributed by atoms with Crippen LogP contribution < -0.4 is 0 Å². The fourth-order valence-electron chi connectivity index (χ4n) is 2.02. The van der Waals surface area contributed by atoms with E-state index in [9.17, 15) is 4.57 Å². The molecule has 5 nitrogen and oxygen atoms in total. The van der Waals surface area contributed by atoms with E-state index in [1.165, 1.54) is 19.3 Å². The minimum atomic E-state index is -4.26. The van der Waals surface area contributed by atoms with Gasteiger partial charge >= 0.3 is 7.82 Å². The Kier molecular flexibility index (Phi) is 17.6. The fourth-order valence-corrected chi connectivity index (χ4v) is 2.42. The average molecular weight is 340 g/mol. The van der Waals surface area contributed by atoms with Crippen LogP contribution in [0.2, 0.25) is 0 Å². The summed E-state index contributed by atoms with van der Waals surface area (Å²) in [5, 5.41) is 8.75. The van der Waals surface area contributed by atoms with Crippen LogP contribution in [0.4, 0.5) is 0 Å². The van der Waals surface area contributed by atoms with Gasteiger partial charge in [-0.1, -0.05) is 66.2 Å². The van der Waals surface area contributed by atoms with Crippen molar-refractivity contribution in [1.82, 2.24) is 0 Å². The number of unbranched alkanes of at least 4 members (excludes halogenated alkanes) is 2. The maximum absolute atomic E-state index is 10.4. The molecule has 0 aliphatic carbocycles. The van der Waals surface area contributed by atoms with Crippen molar-refractivity contribution in [2.24, 2.45) is 11.8 Å². The predicted molar refractivity (Wildman–Crippen MR) is 91.7 cm³/mol. The summed E-state index contributed by atoms with van der Waals surface area (Å²) in [5.41, 5.74) is 0. The number of aliphatic hydroxyl groups is 1. The quantitative estimate of drug-likeness (QED) is 0.455. The SMILES string of the molecule is CCCCC(CC)CO.CCCCC(CC)COP(=O)(O)O. The Balaban J connectivity index is 0. The van der Waals surface area contributed by atoms with E-state index in [1.54, 1.807) is 0 Å². The lowest BCUT2D eigenvalue weighted by Crippen LogP contribution is -2.07. The van der Waals surface area contributed by atoms with Crippen molar-refractivity contribution in [2.45, 2.75) is 79.1 Å². The van der Waals surface area contributed by atoms with Gasteiger partial charge in [-0.25, -0.2) is 4.57 Å². The van der Waals surface area contributed by atoms with Gasteiger partial charge in [0.2, 0.25) is 0 Å². The van der Waals surface area contributed by atoms with E-state index < -0.39 is 7.82 Å². The van der Waals surface area contributed by atoms with Crippen LogP contribution in [0.5, 0.6) is 0 Å². The van der Waals surface area contributed by atoms with Crippen LogP contribution >= 0.6 is 7.82 Å². The molecule has 0 rings (SSSR count). The Hall–Kier alpha value is 0.0700. The monoisotopic (exact) mass is 340 g/mol. The van der Waals surface area contributed by atoms with Crippen molar-refractivity contribution in [3.8, 4) is 0 Å². The molecule has 136 valence electrons. The molecule has 0 spiro atoms. The minimum Gasteiger partial charge on any atom is -0.396 e. The third-order valence-corrected chi connectivity index (χ3v) is 4.31. The normalized spacial score (nSPS) is 14.1. The van der Waals surface area contributed by atoms with Crippen molar-refractivity contribution in [3.63, 3.8) is 0 Å². The largest absolute Gasteiger partial charge is 0.469 e. The summed E-state index contributed by atoms with van der Waals surface area (Å²) in [6.45, 7) is 8.96. The topological polar surface area (TPSA) is 87.0 Å². The van der Waals surface area contributed by atoms with Gasteiger partial charge in [0.25, 0.3) is 0 Å². The van der Waals surface area contributed by atoms with Crippen LogP contribution in [0.15, 0.2) is 0 Å². The van der Waals surface area contributed by atoms with Crippen LogP contribution in [0, 0.1) is 11.8 Å². The second kappa shape index (κ2) is 15.9. The highest BCUT2D eigenvalue weighted by Gasteiger charge is 2.16. The Morgan fingerprint density at radius 1 is 0.909 bits per heavy atom. The van der Waals surface area contributed by atoms with Gasteiger partial charge in [0.15, 0.2) is 0 Å². The van der Waals surface area contributed by atoms with Crippen molar-refractivity contribution in [2.75, 3.05) is 13.2 Å². The first-order valence-corrected chi connectivity index (χ1v) is 10.2. The Morgan fingerprint density at radius 2 is 1.36 bits per heavy atom. The highest BCUT2D eigenvalue weighted by molar-refractivity contribution is 7.46. The highest BCUT2D eigenvalue weighted by Crippen LogP contribution is 2.36. The molecule has 0 radical (unpaired) electrons. The molecule has 0 heterocycles. The van der Waals surface area contributed by atoms with Crippen molar-refractivity contribution >= 4 is 7.82 Å². The van der Waals surface area contributed by atoms with Crippen LogP contribution in [-0.4, -0.2) is 28.1 Å². The first-order chi connectivity index (χ1) is 10.3.